The number of ether oxygens (including phenoxy) is 2. The van der Waals surface area contributed by atoms with E-state index in [1.165, 1.54) is 26.4 Å². The number of rotatable bonds is 10. The molecule has 0 aliphatic carbocycles. The number of ketones is 1. The number of Topliss-reactive ketones (excluding diaryl/α,β-unsaturated/α-hetero) is 1. The van der Waals surface area contributed by atoms with Gasteiger partial charge in [-0.3, -0.25) is 4.79 Å². The molecule has 0 aliphatic rings. The number of aliphatic hydroxyl groups is 1. The lowest BCUT2D eigenvalue weighted by Crippen LogP contribution is -2.05. The molecule has 0 heterocycles. The minimum atomic E-state index is -0.702. The fourth-order valence-electron chi connectivity index (χ4n) is 4.27. The first-order chi connectivity index (χ1) is 21.0. The van der Waals surface area contributed by atoms with E-state index >= 15 is 0 Å². The molecule has 0 saturated carbocycles. The van der Waals surface area contributed by atoms with Gasteiger partial charge in [-0.2, -0.15) is 0 Å². The van der Waals surface area contributed by atoms with Gasteiger partial charge in [-0.15, -0.1) is 0 Å². The van der Waals surface area contributed by atoms with E-state index in [-0.39, 0.29) is 44.9 Å². The van der Waals surface area contributed by atoms with Crippen molar-refractivity contribution in [2.75, 3.05) is 14.2 Å². The third-order valence-electron chi connectivity index (χ3n) is 6.65. The third-order valence-corrected chi connectivity index (χ3v) is 7.27. The Balaban J connectivity index is 0.000000240. The van der Waals surface area contributed by atoms with Gasteiger partial charge >= 0.3 is 11.9 Å². The number of hydrogen-bond acceptors (Lipinski definition) is 8. The number of phenols is 2. The van der Waals surface area contributed by atoms with Crippen LogP contribution in [-0.2, 0) is 22.3 Å². The largest absolute Gasteiger partial charge is 0.508 e. The summed E-state index contributed by atoms with van der Waals surface area (Å²) in [7, 11) is 2.56. The highest BCUT2D eigenvalue weighted by molar-refractivity contribution is 6.34. The van der Waals surface area contributed by atoms with Crippen LogP contribution in [0.5, 0.6) is 11.5 Å². The van der Waals surface area contributed by atoms with E-state index in [4.69, 9.17) is 23.2 Å². The number of carbonyl (C=O) groups is 3. The Hall–Kier alpha value is -4.37. The van der Waals surface area contributed by atoms with Crippen molar-refractivity contribution in [1.29, 1.82) is 0 Å². The molecule has 1 atom stereocenters. The van der Waals surface area contributed by atoms with Crippen LogP contribution in [0.15, 0.2) is 84.9 Å². The summed E-state index contributed by atoms with van der Waals surface area (Å²) in [6, 6.07) is 23.0. The van der Waals surface area contributed by atoms with Crippen molar-refractivity contribution in [2.45, 2.75) is 31.8 Å². The molecule has 44 heavy (non-hydrogen) atoms. The molecule has 0 saturated heterocycles. The highest BCUT2D eigenvalue weighted by atomic mass is 35.5. The number of aryl methyl sites for hydroxylation is 2. The van der Waals surface area contributed by atoms with Gasteiger partial charge < -0.3 is 24.8 Å². The number of hydrogen-bond donors (Lipinski definition) is 3. The second-order valence-corrected chi connectivity index (χ2v) is 10.5. The fraction of sp³-hybridized carbons (Fsp3) is 0.206. The molecule has 3 N–H and O–H groups in total. The Labute approximate surface area is 265 Å². The van der Waals surface area contributed by atoms with Crippen molar-refractivity contribution in [3.63, 3.8) is 0 Å². The zero-order chi connectivity index (χ0) is 32.2. The molecule has 0 bridgehead atoms. The van der Waals surface area contributed by atoms with Gasteiger partial charge in [0, 0.05) is 12.0 Å². The zero-order valence-corrected chi connectivity index (χ0v) is 25.6. The van der Waals surface area contributed by atoms with E-state index in [2.05, 4.69) is 9.47 Å². The van der Waals surface area contributed by atoms with Gasteiger partial charge in [-0.25, -0.2) is 9.59 Å². The van der Waals surface area contributed by atoms with Crippen molar-refractivity contribution in [1.82, 2.24) is 0 Å². The predicted molar refractivity (Wildman–Crippen MR) is 168 cm³/mol. The molecular weight excluding hydrogens is 607 g/mol. The van der Waals surface area contributed by atoms with Crippen LogP contribution in [0.25, 0.3) is 0 Å². The first-order valence-electron chi connectivity index (χ1n) is 13.5. The number of carbonyl (C=O) groups excluding carboxylic acids is 3. The number of benzene rings is 4. The monoisotopic (exact) mass is 638 g/mol. The summed E-state index contributed by atoms with van der Waals surface area (Å²) in [4.78, 5) is 35.1. The molecule has 0 radical (unpaired) electrons. The minimum Gasteiger partial charge on any atom is -0.508 e. The average Bonchev–Trinajstić information content (AvgIpc) is 3.02. The van der Waals surface area contributed by atoms with Crippen molar-refractivity contribution < 1.29 is 39.2 Å². The van der Waals surface area contributed by atoms with E-state index in [1.807, 2.05) is 12.1 Å². The molecule has 4 rings (SSSR count). The van der Waals surface area contributed by atoms with E-state index in [9.17, 15) is 29.7 Å². The number of aromatic hydroxyl groups is 2. The first-order valence-corrected chi connectivity index (χ1v) is 14.3. The molecule has 4 aromatic rings. The van der Waals surface area contributed by atoms with E-state index in [0.717, 1.165) is 11.1 Å². The topological polar surface area (TPSA) is 130 Å². The minimum absolute atomic E-state index is 0.0818. The van der Waals surface area contributed by atoms with Crippen LogP contribution in [0.2, 0.25) is 10.0 Å². The van der Waals surface area contributed by atoms with E-state index in [0.29, 0.717) is 30.4 Å². The highest BCUT2D eigenvalue weighted by Crippen LogP contribution is 2.26. The summed E-state index contributed by atoms with van der Waals surface area (Å²) >= 11 is 12.0. The Morgan fingerprint density at radius 2 is 1.23 bits per heavy atom. The van der Waals surface area contributed by atoms with Crippen molar-refractivity contribution in [3.8, 4) is 11.5 Å². The van der Waals surface area contributed by atoms with Crippen molar-refractivity contribution in [3.05, 3.63) is 128 Å². The number of halogens is 2. The summed E-state index contributed by atoms with van der Waals surface area (Å²) in [5, 5.41) is 29.5. The normalized spacial score (nSPS) is 11.1. The second kappa shape index (κ2) is 16.5. The van der Waals surface area contributed by atoms with Gasteiger partial charge in [0.25, 0.3) is 0 Å². The van der Waals surface area contributed by atoms with Crippen LogP contribution in [0.3, 0.4) is 0 Å². The van der Waals surface area contributed by atoms with Crippen LogP contribution < -0.4 is 0 Å². The smallest absolute Gasteiger partial charge is 0.339 e. The van der Waals surface area contributed by atoms with Crippen LogP contribution in [-0.4, -0.2) is 47.3 Å². The molecule has 4 aromatic carbocycles. The molecule has 230 valence electrons. The molecule has 0 aliphatic heterocycles. The molecule has 0 spiro atoms. The summed E-state index contributed by atoms with van der Waals surface area (Å²) in [6.07, 6.45) is 1.20. The van der Waals surface area contributed by atoms with Gasteiger partial charge in [-0.1, -0.05) is 59.6 Å². The highest BCUT2D eigenvalue weighted by Gasteiger charge is 2.16. The van der Waals surface area contributed by atoms with E-state index in [1.54, 1.807) is 60.7 Å². The Morgan fingerprint density at radius 1 is 0.705 bits per heavy atom. The van der Waals surface area contributed by atoms with Crippen LogP contribution in [0.4, 0.5) is 0 Å². The van der Waals surface area contributed by atoms with E-state index < -0.39 is 18.0 Å². The molecule has 0 amide bonds. The SMILES string of the molecule is COC(=O)c1ccc(C(=O)CCc2cccc(O)c2)cc1Cl.COC(=O)c1ccc(C(O)CCc2cccc(O)c2)cc1Cl. The van der Waals surface area contributed by atoms with Gasteiger partial charge in [0.05, 0.1) is 41.5 Å². The van der Waals surface area contributed by atoms with Crippen LogP contribution >= 0.6 is 23.2 Å². The van der Waals surface area contributed by atoms with Gasteiger partial charge in [0.1, 0.15) is 11.5 Å². The predicted octanol–water partition coefficient (Wildman–Crippen LogP) is 7.15. The number of aliphatic hydroxyl groups excluding tert-OH is 1. The Morgan fingerprint density at radius 3 is 1.73 bits per heavy atom. The first kappa shape index (κ1) is 34.1. The maximum absolute atomic E-state index is 12.2. The van der Waals surface area contributed by atoms with Crippen molar-refractivity contribution >= 4 is 40.9 Å². The lowest BCUT2D eigenvalue weighted by atomic mass is 10.00. The number of phenolic OH excluding ortho intramolecular Hbond substituents is 2. The zero-order valence-electron chi connectivity index (χ0n) is 24.1. The third kappa shape index (κ3) is 9.84. The Bertz CT molecular complexity index is 1620. The maximum Gasteiger partial charge on any atom is 0.339 e. The van der Waals surface area contributed by atoms with Gasteiger partial charge in [0.2, 0.25) is 0 Å². The van der Waals surface area contributed by atoms with Crippen LogP contribution in [0, 0.1) is 0 Å². The van der Waals surface area contributed by atoms with Gasteiger partial charge in [-0.05, 0) is 84.5 Å². The maximum atomic E-state index is 12.2. The van der Waals surface area contributed by atoms with Crippen LogP contribution in [0.1, 0.15) is 66.7 Å². The molecule has 0 aromatic heterocycles. The quantitative estimate of drug-likeness (QED) is 0.123. The Kier molecular flexibility index (Phi) is 12.8. The number of methoxy groups -OCH3 is 2. The lowest BCUT2D eigenvalue weighted by Gasteiger charge is -2.12. The molecule has 10 heteroatoms. The summed E-state index contributed by atoms with van der Waals surface area (Å²) in [6.45, 7) is 0. The summed E-state index contributed by atoms with van der Waals surface area (Å²) in [5.41, 5.74) is 3.40. The molecule has 0 fully saturated rings. The second-order valence-electron chi connectivity index (χ2n) is 9.73. The van der Waals surface area contributed by atoms with Gasteiger partial charge in [0.15, 0.2) is 5.78 Å². The standard InChI is InChI=1S/C17H17ClO4.C17H15ClO4/c2*1-22-17(21)14-7-6-12(10-15(14)18)16(20)8-5-11-3-2-4-13(19)9-11/h2-4,6-7,9-10,16,19-20H,5,8H2,1H3;2-4,6-7,9-10,19H,5,8H2,1H3. The average molecular weight is 640 g/mol. The fourth-order valence-corrected chi connectivity index (χ4v) is 4.80. The summed E-state index contributed by atoms with van der Waals surface area (Å²) < 4.78 is 9.23. The lowest BCUT2D eigenvalue weighted by molar-refractivity contribution is 0.0592. The number of esters is 2. The molecule has 8 nitrogen and oxygen atoms in total. The molecule has 1 unspecified atom stereocenters. The molecular formula is C34H32Cl2O8. The summed E-state index contributed by atoms with van der Waals surface area (Å²) in [5.74, 6) is -0.746. The van der Waals surface area contributed by atoms with Crippen molar-refractivity contribution in [2.24, 2.45) is 0 Å².